The van der Waals surface area contributed by atoms with Gasteiger partial charge in [0.15, 0.2) is 0 Å². The van der Waals surface area contributed by atoms with Crippen LogP contribution in [0.15, 0.2) is 24.3 Å². The number of hydrogen-bond acceptors (Lipinski definition) is 4. The van der Waals surface area contributed by atoms with Crippen LogP contribution >= 0.6 is 36.4 Å². The Morgan fingerprint density at radius 2 is 2.19 bits per heavy atom. The fourth-order valence-corrected chi connectivity index (χ4v) is 3.86. The lowest BCUT2D eigenvalue weighted by Gasteiger charge is -2.36. The molecule has 154 valence electrons. The number of amides is 1. The molecule has 1 aromatic carbocycles. The molecule has 0 aliphatic carbocycles. The zero-order chi connectivity index (χ0) is 17.5. The Morgan fingerprint density at radius 3 is 2.93 bits per heavy atom. The topological polar surface area (TPSA) is 53.6 Å². The molecule has 0 bridgehead atoms. The Morgan fingerprint density at radius 1 is 1.33 bits per heavy atom. The standard InChI is InChI=1S/C19H28ClN3O2.2ClH/c20-16-5-3-4-15(10-16)13-23-8-2-1-6-18(23)12-22-19(24)11-17-14-25-9-7-21-17;;/h3-5,10,17-18,21H,1-2,6-9,11-14H2,(H,22,24);2*1H. The van der Waals surface area contributed by atoms with E-state index in [2.05, 4.69) is 21.6 Å². The van der Waals surface area contributed by atoms with Crippen molar-refractivity contribution in [1.82, 2.24) is 15.5 Å². The summed E-state index contributed by atoms with van der Waals surface area (Å²) in [5.74, 6) is 0.108. The number of morpholine rings is 1. The highest BCUT2D eigenvalue weighted by Gasteiger charge is 2.24. The van der Waals surface area contributed by atoms with Gasteiger partial charge in [0.25, 0.3) is 0 Å². The number of piperidine rings is 1. The summed E-state index contributed by atoms with van der Waals surface area (Å²) in [6.07, 6.45) is 4.06. The van der Waals surface area contributed by atoms with E-state index in [4.69, 9.17) is 16.3 Å². The van der Waals surface area contributed by atoms with Crippen LogP contribution in [-0.2, 0) is 16.1 Å². The molecule has 1 aromatic rings. The number of rotatable bonds is 6. The first-order valence-corrected chi connectivity index (χ1v) is 9.65. The third-order valence-corrected chi connectivity index (χ3v) is 5.22. The van der Waals surface area contributed by atoms with Gasteiger partial charge in [-0.2, -0.15) is 0 Å². The van der Waals surface area contributed by atoms with E-state index in [1.807, 2.05) is 18.2 Å². The Balaban J connectivity index is 0.00000182. The van der Waals surface area contributed by atoms with Gasteiger partial charge in [-0.25, -0.2) is 0 Å². The zero-order valence-corrected chi connectivity index (χ0v) is 17.9. The summed E-state index contributed by atoms with van der Waals surface area (Å²) in [5, 5.41) is 7.23. The maximum atomic E-state index is 12.2. The molecule has 2 saturated heterocycles. The Labute approximate surface area is 179 Å². The average Bonchev–Trinajstić information content (AvgIpc) is 2.62. The van der Waals surface area contributed by atoms with Gasteiger partial charge in [-0.1, -0.05) is 30.2 Å². The van der Waals surface area contributed by atoms with Crippen molar-refractivity contribution in [1.29, 1.82) is 0 Å². The van der Waals surface area contributed by atoms with Crippen LogP contribution in [0.4, 0.5) is 0 Å². The lowest BCUT2D eigenvalue weighted by Crippen LogP contribution is -2.48. The van der Waals surface area contributed by atoms with Gasteiger partial charge in [-0.15, -0.1) is 24.8 Å². The number of carbonyl (C=O) groups is 1. The molecule has 0 aromatic heterocycles. The number of nitrogens with zero attached hydrogens (tertiary/aromatic N) is 1. The van der Waals surface area contributed by atoms with Gasteiger partial charge in [0, 0.05) is 43.2 Å². The Hall–Kier alpha value is -0.560. The van der Waals surface area contributed by atoms with Gasteiger partial charge < -0.3 is 15.4 Å². The largest absolute Gasteiger partial charge is 0.378 e. The monoisotopic (exact) mass is 437 g/mol. The molecule has 0 radical (unpaired) electrons. The molecule has 27 heavy (non-hydrogen) atoms. The lowest BCUT2D eigenvalue weighted by atomic mass is 10.0. The summed E-state index contributed by atoms with van der Waals surface area (Å²) in [6, 6.07) is 8.58. The highest BCUT2D eigenvalue weighted by atomic mass is 35.5. The normalized spacial score (nSPS) is 23.0. The summed E-state index contributed by atoms with van der Waals surface area (Å²) in [6.45, 7) is 4.86. The fourth-order valence-electron chi connectivity index (χ4n) is 3.65. The molecule has 2 N–H and O–H groups in total. The van der Waals surface area contributed by atoms with Crippen molar-refractivity contribution >= 4 is 42.3 Å². The van der Waals surface area contributed by atoms with E-state index in [-0.39, 0.29) is 36.8 Å². The van der Waals surface area contributed by atoms with Crippen molar-refractivity contribution < 1.29 is 9.53 Å². The molecule has 2 fully saturated rings. The van der Waals surface area contributed by atoms with Gasteiger partial charge in [-0.05, 0) is 37.1 Å². The molecule has 8 heteroatoms. The van der Waals surface area contributed by atoms with E-state index < -0.39 is 0 Å². The van der Waals surface area contributed by atoms with Crippen LogP contribution in [0.5, 0.6) is 0 Å². The molecule has 3 rings (SSSR count). The second-order valence-corrected chi connectivity index (χ2v) is 7.42. The highest BCUT2D eigenvalue weighted by molar-refractivity contribution is 6.30. The van der Waals surface area contributed by atoms with Crippen LogP contribution < -0.4 is 10.6 Å². The number of nitrogens with one attached hydrogen (secondary N) is 2. The van der Waals surface area contributed by atoms with E-state index >= 15 is 0 Å². The van der Waals surface area contributed by atoms with Crippen LogP contribution in [0, 0.1) is 0 Å². The minimum absolute atomic E-state index is 0. The van der Waals surface area contributed by atoms with E-state index in [0.717, 1.165) is 37.7 Å². The minimum atomic E-state index is 0. The van der Waals surface area contributed by atoms with Gasteiger partial charge in [0.2, 0.25) is 5.91 Å². The number of likely N-dealkylation sites (tertiary alicyclic amines) is 1. The van der Waals surface area contributed by atoms with E-state index in [1.54, 1.807) is 0 Å². The van der Waals surface area contributed by atoms with Crippen molar-refractivity contribution in [2.45, 2.75) is 44.3 Å². The number of halogens is 3. The number of ether oxygens (including phenoxy) is 1. The van der Waals surface area contributed by atoms with Crippen molar-refractivity contribution in [3.8, 4) is 0 Å². The van der Waals surface area contributed by atoms with E-state index in [9.17, 15) is 4.79 Å². The fraction of sp³-hybridized carbons (Fsp3) is 0.632. The summed E-state index contributed by atoms with van der Waals surface area (Å²) < 4.78 is 5.41. The molecule has 0 saturated carbocycles. The molecule has 2 atom stereocenters. The second kappa shape index (κ2) is 12.8. The predicted octanol–water partition coefficient (Wildman–Crippen LogP) is 3.03. The van der Waals surface area contributed by atoms with Gasteiger partial charge >= 0.3 is 0 Å². The molecular formula is C19H30Cl3N3O2. The third kappa shape index (κ3) is 8.14. The summed E-state index contributed by atoms with van der Waals surface area (Å²) >= 11 is 6.10. The summed E-state index contributed by atoms with van der Waals surface area (Å²) in [4.78, 5) is 14.7. The Kier molecular flexibility index (Phi) is 11.6. The molecule has 1 amide bonds. The van der Waals surface area contributed by atoms with Crippen LogP contribution in [0.1, 0.15) is 31.2 Å². The molecule has 0 spiro atoms. The minimum Gasteiger partial charge on any atom is -0.378 e. The maximum absolute atomic E-state index is 12.2. The zero-order valence-electron chi connectivity index (χ0n) is 15.5. The van der Waals surface area contributed by atoms with Gasteiger partial charge in [0.05, 0.1) is 13.2 Å². The van der Waals surface area contributed by atoms with Gasteiger partial charge in [-0.3, -0.25) is 9.69 Å². The Bertz CT molecular complexity index is 571. The van der Waals surface area contributed by atoms with Gasteiger partial charge in [0.1, 0.15) is 0 Å². The van der Waals surface area contributed by atoms with E-state index in [1.165, 1.54) is 18.4 Å². The number of carbonyl (C=O) groups excluding carboxylic acids is 1. The van der Waals surface area contributed by atoms with Crippen LogP contribution in [0.2, 0.25) is 5.02 Å². The summed E-state index contributed by atoms with van der Waals surface area (Å²) in [5.41, 5.74) is 1.23. The number of benzene rings is 1. The average molecular weight is 439 g/mol. The second-order valence-electron chi connectivity index (χ2n) is 6.98. The maximum Gasteiger partial charge on any atom is 0.221 e. The van der Waals surface area contributed by atoms with Crippen molar-refractivity contribution in [2.24, 2.45) is 0 Å². The predicted molar refractivity (Wildman–Crippen MR) is 114 cm³/mol. The smallest absolute Gasteiger partial charge is 0.221 e. The molecule has 2 heterocycles. The number of hydrogen-bond donors (Lipinski definition) is 2. The quantitative estimate of drug-likeness (QED) is 0.717. The SMILES string of the molecule is Cl.Cl.O=C(CC1COCCN1)NCC1CCCCN1Cc1cccc(Cl)c1. The lowest BCUT2D eigenvalue weighted by molar-refractivity contribution is -0.122. The van der Waals surface area contributed by atoms with Crippen LogP contribution in [0.3, 0.4) is 0 Å². The molecule has 5 nitrogen and oxygen atoms in total. The van der Waals surface area contributed by atoms with Crippen molar-refractivity contribution in [3.63, 3.8) is 0 Å². The summed E-state index contributed by atoms with van der Waals surface area (Å²) in [7, 11) is 0. The first-order chi connectivity index (χ1) is 12.2. The molecule has 2 aliphatic rings. The first kappa shape index (κ1) is 24.5. The highest BCUT2D eigenvalue weighted by Crippen LogP contribution is 2.20. The van der Waals surface area contributed by atoms with Crippen LogP contribution in [-0.4, -0.2) is 55.7 Å². The molecule has 2 aliphatic heterocycles. The molecule has 2 unspecified atom stereocenters. The third-order valence-electron chi connectivity index (χ3n) is 4.99. The van der Waals surface area contributed by atoms with Crippen molar-refractivity contribution in [2.75, 3.05) is 32.8 Å². The first-order valence-electron chi connectivity index (χ1n) is 9.27. The van der Waals surface area contributed by atoms with E-state index in [0.29, 0.717) is 25.6 Å². The van der Waals surface area contributed by atoms with Crippen molar-refractivity contribution in [3.05, 3.63) is 34.9 Å². The molecular weight excluding hydrogens is 409 g/mol. The van der Waals surface area contributed by atoms with Crippen LogP contribution in [0.25, 0.3) is 0 Å².